The number of sulfonamides is 1. The average molecular weight is 299 g/mol. The first-order chi connectivity index (χ1) is 9.35. The Bertz CT molecular complexity index is 665. The highest BCUT2D eigenvalue weighted by molar-refractivity contribution is 7.89. The van der Waals surface area contributed by atoms with Gasteiger partial charge in [-0.15, -0.1) is 0 Å². The van der Waals surface area contributed by atoms with Crippen molar-refractivity contribution in [2.45, 2.75) is 23.8 Å². The molecule has 1 aliphatic rings. The Labute approximate surface area is 117 Å². The first kappa shape index (κ1) is 14.7. The maximum absolute atomic E-state index is 12.5. The Balaban J connectivity index is 2.42. The van der Waals surface area contributed by atoms with E-state index in [9.17, 15) is 18.0 Å². The summed E-state index contributed by atoms with van der Waals surface area (Å²) in [5.41, 5.74) is -0.577. The Morgan fingerprint density at radius 1 is 1.45 bits per heavy atom. The molecule has 2 heterocycles. The molecule has 1 unspecified atom stereocenters. The molecule has 1 aromatic heterocycles. The lowest BCUT2D eigenvalue weighted by Gasteiger charge is -2.25. The molecule has 0 aromatic carbocycles. The minimum atomic E-state index is -3.95. The molecule has 0 bridgehead atoms. The lowest BCUT2D eigenvalue weighted by Crippen LogP contribution is -2.46. The summed E-state index contributed by atoms with van der Waals surface area (Å²) in [7, 11) is -0.787. The number of nitrogens with zero attached hydrogens (tertiary/aromatic N) is 2. The summed E-state index contributed by atoms with van der Waals surface area (Å²) in [5, 5.41) is 0. The van der Waals surface area contributed by atoms with E-state index >= 15 is 0 Å². The van der Waals surface area contributed by atoms with Gasteiger partial charge >= 0.3 is 0 Å². The van der Waals surface area contributed by atoms with Crippen LogP contribution in [0.1, 0.15) is 12.8 Å². The van der Waals surface area contributed by atoms with Gasteiger partial charge in [-0.05, 0) is 12.8 Å². The Morgan fingerprint density at radius 3 is 2.75 bits per heavy atom. The van der Waals surface area contributed by atoms with E-state index in [1.54, 1.807) is 14.1 Å². The molecule has 1 N–H and O–H groups in total. The third-order valence-electron chi connectivity index (χ3n) is 3.30. The molecular formula is C12H17N3O4S. The van der Waals surface area contributed by atoms with Crippen LogP contribution < -0.4 is 5.43 Å². The number of aromatic amines is 1. The van der Waals surface area contributed by atoms with Gasteiger partial charge < -0.3 is 9.88 Å². The number of hydrogen-bond donors (Lipinski definition) is 1. The third-order valence-corrected chi connectivity index (χ3v) is 5.23. The van der Waals surface area contributed by atoms with Crippen LogP contribution in [0.5, 0.6) is 0 Å². The summed E-state index contributed by atoms with van der Waals surface area (Å²) in [4.78, 5) is 27.4. The van der Waals surface area contributed by atoms with Gasteiger partial charge in [-0.2, -0.15) is 4.31 Å². The molecule has 1 aromatic rings. The van der Waals surface area contributed by atoms with Crippen molar-refractivity contribution in [3.05, 3.63) is 28.7 Å². The standard InChI is InChI=1S/C12H17N3O4S/c1-14(2)12(17)9-4-3-7-15(9)20(18,19)11-8-13-6-5-10(11)16/h5-6,8-9H,3-4,7H2,1-2H3,(H,13,16). The zero-order chi connectivity index (χ0) is 14.9. The number of amides is 1. The van der Waals surface area contributed by atoms with E-state index in [0.29, 0.717) is 12.8 Å². The maximum Gasteiger partial charge on any atom is 0.249 e. The number of likely N-dealkylation sites (N-methyl/N-ethyl adjacent to an activating group) is 1. The van der Waals surface area contributed by atoms with Gasteiger partial charge in [-0.25, -0.2) is 8.42 Å². The molecule has 8 heteroatoms. The smallest absolute Gasteiger partial charge is 0.249 e. The van der Waals surface area contributed by atoms with E-state index in [1.165, 1.54) is 11.1 Å². The van der Waals surface area contributed by atoms with Crippen molar-refractivity contribution in [2.75, 3.05) is 20.6 Å². The predicted octanol–water partition coefficient (Wildman–Crippen LogP) is -0.384. The van der Waals surface area contributed by atoms with Gasteiger partial charge in [-0.1, -0.05) is 0 Å². The van der Waals surface area contributed by atoms with Gasteiger partial charge in [0.15, 0.2) is 0 Å². The van der Waals surface area contributed by atoms with Crippen molar-refractivity contribution in [1.82, 2.24) is 14.2 Å². The fourth-order valence-corrected chi connectivity index (χ4v) is 3.99. The number of aromatic nitrogens is 1. The lowest BCUT2D eigenvalue weighted by molar-refractivity contribution is -0.132. The van der Waals surface area contributed by atoms with Crippen molar-refractivity contribution >= 4 is 15.9 Å². The molecule has 0 saturated carbocycles. The Hall–Kier alpha value is -1.67. The summed E-state index contributed by atoms with van der Waals surface area (Å²) in [6.07, 6.45) is 3.61. The van der Waals surface area contributed by atoms with Crippen LogP contribution in [-0.2, 0) is 14.8 Å². The van der Waals surface area contributed by atoms with Crippen LogP contribution in [0.2, 0.25) is 0 Å². The van der Waals surface area contributed by atoms with Gasteiger partial charge in [0.25, 0.3) is 0 Å². The molecule has 1 atom stereocenters. The van der Waals surface area contributed by atoms with Gasteiger partial charge in [0.1, 0.15) is 10.9 Å². The lowest BCUT2D eigenvalue weighted by atomic mass is 10.2. The molecule has 1 fully saturated rings. The van der Waals surface area contributed by atoms with Crippen LogP contribution >= 0.6 is 0 Å². The Morgan fingerprint density at radius 2 is 2.15 bits per heavy atom. The number of nitrogens with one attached hydrogen (secondary N) is 1. The fourth-order valence-electron chi connectivity index (χ4n) is 2.30. The van der Waals surface area contributed by atoms with E-state index in [2.05, 4.69) is 4.98 Å². The predicted molar refractivity (Wildman–Crippen MR) is 72.7 cm³/mol. The summed E-state index contributed by atoms with van der Waals surface area (Å²) in [6, 6.07) is 0.431. The topological polar surface area (TPSA) is 90.6 Å². The molecule has 110 valence electrons. The zero-order valence-electron chi connectivity index (χ0n) is 11.4. The molecule has 0 spiro atoms. The van der Waals surface area contributed by atoms with E-state index in [1.807, 2.05) is 0 Å². The van der Waals surface area contributed by atoms with Crippen molar-refractivity contribution < 1.29 is 13.2 Å². The number of pyridine rings is 1. The molecule has 1 saturated heterocycles. The van der Waals surface area contributed by atoms with Crippen molar-refractivity contribution in [2.24, 2.45) is 0 Å². The van der Waals surface area contributed by atoms with E-state index in [-0.39, 0.29) is 17.3 Å². The number of H-pyrrole nitrogens is 1. The molecule has 20 heavy (non-hydrogen) atoms. The molecule has 1 amide bonds. The summed E-state index contributed by atoms with van der Waals surface area (Å²) >= 11 is 0. The second kappa shape index (κ2) is 5.37. The minimum Gasteiger partial charge on any atom is -0.366 e. The van der Waals surface area contributed by atoms with Gasteiger partial charge in [-0.3, -0.25) is 9.59 Å². The molecule has 0 radical (unpaired) electrons. The largest absolute Gasteiger partial charge is 0.366 e. The molecule has 2 rings (SSSR count). The van der Waals surface area contributed by atoms with Crippen LogP contribution in [0.25, 0.3) is 0 Å². The molecule has 7 nitrogen and oxygen atoms in total. The minimum absolute atomic E-state index is 0.251. The quantitative estimate of drug-likeness (QED) is 0.823. The third kappa shape index (κ3) is 2.48. The highest BCUT2D eigenvalue weighted by atomic mass is 32.2. The molecular weight excluding hydrogens is 282 g/mol. The number of carbonyl (C=O) groups excluding carboxylic acids is 1. The van der Waals surface area contributed by atoms with Crippen LogP contribution in [0.15, 0.2) is 28.2 Å². The highest BCUT2D eigenvalue weighted by Gasteiger charge is 2.40. The van der Waals surface area contributed by atoms with E-state index in [4.69, 9.17) is 0 Å². The Kier molecular flexibility index (Phi) is 3.96. The molecule has 0 aliphatic carbocycles. The van der Waals surface area contributed by atoms with Gasteiger partial charge in [0.05, 0.1) is 0 Å². The molecule has 1 aliphatic heterocycles. The number of rotatable bonds is 3. The van der Waals surface area contributed by atoms with Crippen LogP contribution in [0.3, 0.4) is 0 Å². The maximum atomic E-state index is 12.5. The van der Waals surface area contributed by atoms with Gasteiger partial charge in [0.2, 0.25) is 21.4 Å². The second-order valence-electron chi connectivity index (χ2n) is 4.88. The van der Waals surface area contributed by atoms with E-state index in [0.717, 1.165) is 16.6 Å². The van der Waals surface area contributed by atoms with Crippen molar-refractivity contribution in [3.63, 3.8) is 0 Å². The monoisotopic (exact) mass is 299 g/mol. The first-order valence-corrected chi connectivity index (χ1v) is 7.70. The van der Waals surface area contributed by atoms with Gasteiger partial charge in [0, 0.05) is 39.1 Å². The fraction of sp³-hybridized carbons (Fsp3) is 0.500. The SMILES string of the molecule is CN(C)C(=O)C1CCCN1S(=O)(=O)c1c[nH]ccc1=O. The highest BCUT2D eigenvalue weighted by Crippen LogP contribution is 2.25. The van der Waals surface area contributed by atoms with Crippen LogP contribution in [0, 0.1) is 0 Å². The average Bonchev–Trinajstić information content (AvgIpc) is 2.87. The summed E-state index contributed by atoms with van der Waals surface area (Å²) in [5.74, 6) is -0.265. The van der Waals surface area contributed by atoms with Crippen molar-refractivity contribution in [1.29, 1.82) is 0 Å². The zero-order valence-corrected chi connectivity index (χ0v) is 12.2. The van der Waals surface area contributed by atoms with Crippen LogP contribution in [0.4, 0.5) is 0 Å². The second-order valence-corrected chi connectivity index (χ2v) is 6.74. The van der Waals surface area contributed by atoms with Crippen LogP contribution in [-0.4, -0.2) is 55.2 Å². The summed E-state index contributed by atoms with van der Waals surface area (Å²) < 4.78 is 26.2. The number of hydrogen-bond acceptors (Lipinski definition) is 4. The number of carbonyl (C=O) groups is 1. The normalized spacial score (nSPS) is 20.0. The summed E-state index contributed by atoms with van der Waals surface area (Å²) in [6.45, 7) is 0.251. The van der Waals surface area contributed by atoms with Crippen molar-refractivity contribution in [3.8, 4) is 0 Å². The van der Waals surface area contributed by atoms with E-state index < -0.39 is 21.5 Å². The first-order valence-electron chi connectivity index (χ1n) is 6.26.